The molecule has 0 saturated heterocycles. The van der Waals surface area contributed by atoms with E-state index in [-0.39, 0.29) is 28.4 Å². The van der Waals surface area contributed by atoms with Crippen molar-refractivity contribution in [1.82, 2.24) is 0 Å². The molecule has 0 aliphatic carbocycles. The second kappa shape index (κ2) is 10.8. The first-order valence-electron chi connectivity index (χ1n) is 12.2. The Kier molecular flexibility index (Phi) is 7.98. The van der Waals surface area contributed by atoms with Gasteiger partial charge in [-0.3, -0.25) is 0 Å². The molecule has 0 bridgehead atoms. The van der Waals surface area contributed by atoms with E-state index >= 15 is 0 Å². The summed E-state index contributed by atoms with van der Waals surface area (Å²) in [6.45, 7) is 15.6. The number of nitriles is 2. The fourth-order valence-electron chi connectivity index (χ4n) is 3.97. The molecule has 3 rings (SSSR count). The number of phenols is 1. The third-order valence-corrected chi connectivity index (χ3v) is 6.01. The summed E-state index contributed by atoms with van der Waals surface area (Å²) in [5, 5.41) is 29.6. The van der Waals surface area contributed by atoms with Crippen LogP contribution >= 0.6 is 0 Å². The zero-order valence-corrected chi connectivity index (χ0v) is 22.7. The quantitative estimate of drug-likeness (QED) is 0.210. The molecule has 0 fully saturated rings. The number of aromatic hydroxyl groups is 1. The Labute approximate surface area is 224 Å². The molecule has 6 nitrogen and oxygen atoms in total. The van der Waals surface area contributed by atoms with Crippen LogP contribution in [0.4, 0.5) is 0 Å². The minimum absolute atomic E-state index is 0.174. The number of hydrogen-bond donors (Lipinski definition) is 1. The summed E-state index contributed by atoms with van der Waals surface area (Å²) < 4.78 is 11.9. The van der Waals surface area contributed by atoms with Crippen molar-refractivity contribution in [3.63, 3.8) is 0 Å². The smallest absolute Gasteiger partial charge is 0.343 e. The maximum atomic E-state index is 13.5. The van der Waals surface area contributed by atoms with Gasteiger partial charge in [-0.05, 0) is 65.3 Å². The first kappa shape index (κ1) is 28.0. The Morgan fingerprint density at radius 3 is 2.03 bits per heavy atom. The molecule has 0 heterocycles. The van der Waals surface area contributed by atoms with Crippen molar-refractivity contribution >= 4 is 5.97 Å². The number of carbonyl (C=O) groups excluding carboxylic acids is 1. The largest absolute Gasteiger partial charge is 0.507 e. The molecular weight excluding hydrogens is 476 g/mol. The molecule has 0 radical (unpaired) electrons. The molecule has 0 unspecified atom stereocenters. The van der Waals surface area contributed by atoms with Crippen molar-refractivity contribution in [3.8, 4) is 35.1 Å². The van der Waals surface area contributed by atoms with Gasteiger partial charge in [0.2, 0.25) is 0 Å². The van der Waals surface area contributed by atoms with E-state index in [1.165, 1.54) is 12.1 Å². The van der Waals surface area contributed by atoms with Gasteiger partial charge in [0.05, 0.1) is 16.7 Å². The molecule has 0 aliphatic rings. The van der Waals surface area contributed by atoms with Gasteiger partial charge in [0.15, 0.2) is 11.5 Å². The second-order valence-electron chi connectivity index (χ2n) is 11.1. The van der Waals surface area contributed by atoms with Gasteiger partial charge in [0, 0.05) is 11.1 Å². The van der Waals surface area contributed by atoms with Crippen LogP contribution in [0.25, 0.3) is 0 Å². The molecule has 0 atom stereocenters. The van der Waals surface area contributed by atoms with Crippen molar-refractivity contribution in [2.45, 2.75) is 58.8 Å². The highest BCUT2D eigenvalue weighted by Gasteiger charge is 2.28. The number of phenolic OH excluding ortho intramolecular Hbond substituents is 1. The zero-order valence-electron chi connectivity index (χ0n) is 22.7. The van der Waals surface area contributed by atoms with Gasteiger partial charge in [0.25, 0.3) is 0 Å². The van der Waals surface area contributed by atoms with Crippen LogP contribution in [0.2, 0.25) is 0 Å². The molecule has 194 valence electrons. The van der Waals surface area contributed by atoms with E-state index in [1.807, 2.05) is 59.7 Å². The van der Waals surface area contributed by atoms with E-state index in [0.717, 1.165) is 5.56 Å². The van der Waals surface area contributed by atoms with Crippen LogP contribution in [0.1, 0.15) is 79.7 Å². The minimum Gasteiger partial charge on any atom is -0.507 e. The summed E-state index contributed by atoms with van der Waals surface area (Å²) in [6, 6.07) is 17.1. The molecule has 6 heteroatoms. The number of rotatable bonds is 6. The van der Waals surface area contributed by atoms with Gasteiger partial charge >= 0.3 is 5.97 Å². The lowest BCUT2D eigenvalue weighted by atomic mass is 9.78. The first-order chi connectivity index (χ1) is 17.8. The maximum Gasteiger partial charge on any atom is 0.343 e. The molecule has 0 saturated carbocycles. The Bertz CT molecular complexity index is 1440. The summed E-state index contributed by atoms with van der Waals surface area (Å²) in [7, 11) is 0. The van der Waals surface area contributed by atoms with Crippen LogP contribution in [0.5, 0.6) is 23.0 Å². The lowest BCUT2D eigenvalue weighted by Gasteiger charge is -2.28. The van der Waals surface area contributed by atoms with Gasteiger partial charge in [-0.2, -0.15) is 10.5 Å². The molecule has 0 aromatic heterocycles. The average Bonchev–Trinajstić information content (AvgIpc) is 2.84. The molecule has 0 spiro atoms. The number of carbonyl (C=O) groups is 1. The molecule has 1 N–H and O–H groups in total. The highest BCUT2D eigenvalue weighted by molar-refractivity contribution is 5.92. The van der Waals surface area contributed by atoms with E-state index < -0.39 is 16.8 Å². The number of benzene rings is 3. The van der Waals surface area contributed by atoms with Gasteiger partial charge < -0.3 is 14.6 Å². The molecule has 0 aliphatic heterocycles. The van der Waals surface area contributed by atoms with Gasteiger partial charge in [-0.1, -0.05) is 53.7 Å². The van der Waals surface area contributed by atoms with Crippen molar-refractivity contribution in [2.24, 2.45) is 0 Å². The number of esters is 1. The fourth-order valence-corrected chi connectivity index (χ4v) is 3.97. The average molecular weight is 509 g/mol. The third kappa shape index (κ3) is 6.22. The topological polar surface area (TPSA) is 103 Å². The molecule has 3 aromatic carbocycles. The SMILES string of the molecule is C=CCc1ccc(Oc2ccc(C#N)c(C#N)c2)c(OC(=O)c2cc(C(C)(C)C)c(O)c(C(C)(C)C)c2)c1. The summed E-state index contributed by atoms with van der Waals surface area (Å²) in [4.78, 5) is 13.5. The zero-order chi connectivity index (χ0) is 28.3. The van der Waals surface area contributed by atoms with Crippen LogP contribution in [0.3, 0.4) is 0 Å². The van der Waals surface area contributed by atoms with Gasteiger partial charge in [-0.25, -0.2) is 4.79 Å². The van der Waals surface area contributed by atoms with E-state index in [9.17, 15) is 20.4 Å². The predicted octanol–water partition coefficient (Wildman–Crippen LogP) is 7.47. The van der Waals surface area contributed by atoms with E-state index in [1.54, 1.807) is 36.4 Å². The highest BCUT2D eigenvalue weighted by atomic mass is 16.6. The van der Waals surface area contributed by atoms with Crippen molar-refractivity contribution in [3.05, 3.63) is 94.6 Å². The third-order valence-electron chi connectivity index (χ3n) is 6.01. The van der Waals surface area contributed by atoms with Crippen LogP contribution in [0.15, 0.2) is 61.2 Å². The van der Waals surface area contributed by atoms with Crippen molar-refractivity contribution < 1.29 is 19.4 Å². The molecule has 3 aromatic rings. The van der Waals surface area contributed by atoms with E-state index in [4.69, 9.17) is 9.47 Å². The Morgan fingerprint density at radius 1 is 0.895 bits per heavy atom. The Morgan fingerprint density at radius 2 is 1.50 bits per heavy atom. The Hall–Kier alpha value is -4.55. The van der Waals surface area contributed by atoms with Crippen LogP contribution in [-0.2, 0) is 17.3 Å². The minimum atomic E-state index is -0.598. The summed E-state index contributed by atoms with van der Waals surface area (Å²) in [5.41, 5.74) is 2.07. The van der Waals surface area contributed by atoms with Crippen LogP contribution < -0.4 is 9.47 Å². The molecule has 38 heavy (non-hydrogen) atoms. The van der Waals surface area contributed by atoms with E-state index in [0.29, 0.717) is 28.9 Å². The van der Waals surface area contributed by atoms with Crippen molar-refractivity contribution in [2.75, 3.05) is 0 Å². The second-order valence-corrected chi connectivity index (χ2v) is 11.1. The normalized spacial score (nSPS) is 11.3. The lowest BCUT2D eigenvalue weighted by Crippen LogP contribution is -2.20. The fraction of sp³-hybridized carbons (Fsp3) is 0.281. The molecular formula is C32H32N2O4. The number of allylic oxidation sites excluding steroid dienone is 1. The highest BCUT2D eigenvalue weighted by Crippen LogP contribution is 2.40. The van der Waals surface area contributed by atoms with Crippen LogP contribution in [-0.4, -0.2) is 11.1 Å². The predicted molar refractivity (Wildman–Crippen MR) is 147 cm³/mol. The summed E-state index contributed by atoms with van der Waals surface area (Å²) in [6.07, 6.45) is 2.30. The molecule has 0 amide bonds. The van der Waals surface area contributed by atoms with Gasteiger partial charge in [0.1, 0.15) is 23.6 Å². The standard InChI is InChI=1S/C32H32N2O4/c1-8-9-20-10-13-27(37-24-12-11-21(18-33)23(15-24)19-34)28(14-20)38-30(36)22-16-25(31(2,3)4)29(35)26(17-22)32(5,6)7/h8,10-17,35H,1,9H2,2-7H3. The summed E-state index contributed by atoms with van der Waals surface area (Å²) in [5.74, 6) is 0.362. The van der Waals surface area contributed by atoms with Crippen LogP contribution in [0, 0.1) is 22.7 Å². The maximum absolute atomic E-state index is 13.5. The number of hydrogen-bond acceptors (Lipinski definition) is 6. The Balaban J connectivity index is 2.07. The summed E-state index contributed by atoms with van der Waals surface area (Å²) >= 11 is 0. The number of nitrogens with zero attached hydrogens (tertiary/aromatic N) is 2. The van der Waals surface area contributed by atoms with Crippen molar-refractivity contribution in [1.29, 1.82) is 10.5 Å². The monoisotopic (exact) mass is 508 g/mol. The van der Waals surface area contributed by atoms with Gasteiger partial charge in [-0.15, -0.1) is 6.58 Å². The first-order valence-corrected chi connectivity index (χ1v) is 12.2. The lowest BCUT2D eigenvalue weighted by molar-refractivity contribution is 0.0730. The number of ether oxygens (including phenoxy) is 2. The van der Waals surface area contributed by atoms with E-state index in [2.05, 4.69) is 6.58 Å².